The molecule has 0 saturated carbocycles. The Labute approximate surface area is 154 Å². The van der Waals surface area contributed by atoms with Crippen LogP contribution in [0.5, 0.6) is 0 Å². The molecule has 0 fully saturated rings. The molecule has 0 aromatic carbocycles. The fraction of sp³-hybridized carbons (Fsp3) is 0.435. The molecule has 0 aromatic heterocycles. The van der Waals surface area contributed by atoms with Crippen LogP contribution >= 0.6 is 0 Å². The van der Waals surface area contributed by atoms with Gasteiger partial charge in [-0.25, -0.2) is 4.79 Å². The van der Waals surface area contributed by atoms with Crippen LogP contribution in [0.3, 0.4) is 0 Å². The molecule has 138 valence electrons. The van der Waals surface area contributed by atoms with Crippen LogP contribution in [0.15, 0.2) is 72.4 Å². The van der Waals surface area contributed by atoms with Crippen molar-refractivity contribution in [2.24, 2.45) is 0 Å². The minimum Gasteiger partial charge on any atom is -0.478 e. The maximum atomic E-state index is 10.5. The summed E-state index contributed by atoms with van der Waals surface area (Å²) in [5.74, 6) is -0.854. The van der Waals surface area contributed by atoms with E-state index in [4.69, 9.17) is 5.11 Å². The van der Waals surface area contributed by atoms with Gasteiger partial charge in [-0.3, -0.25) is 0 Å². The number of carbonyl (C=O) groups is 1. The summed E-state index contributed by atoms with van der Waals surface area (Å²) in [5, 5.41) is 8.62. The number of hydrogen-bond donors (Lipinski definition) is 1. The second kappa shape index (κ2) is 18.3. The summed E-state index contributed by atoms with van der Waals surface area (Å²) in [6.45, 7) is 4.02. The number of hydrogen-bond acceptors (Lipinski definition) is 1. The minimum atomic E-state index is -0.854. The lowest BCUT2D eigenvalue weighted by molar-refractivity contribution is -0.131. The van der Waals surface area contributed by atoms with E-state index in [2.05, 4.69) is 67.7 Å². The van der Waals surface area contributed by atoms with Crippen molar-refractivity contribution >= 4 is 5.97 Å². The predicted molar refractivity (Wildman–Crippen MR) is 110 cm³/mol. The van der Waals surface area contributed by atoms with Gasteiger partial charge in [0, 0.05) is 6.08 Å². The standard InChI is InChI=1S/C23H34O2/c1-3-4-5-6-7-8-9-10-11-12-13-14-15-16-17-18-19-20-22(2)21-23(24)25/h4-5,7-8,10-11,13-14,16-17,21H,3,6,9,12,15,18-20H2,1-2H3,(H,24,25)/b5-4-,8-7-,11-10-,14-13-,17-16-,22-21+. The Balaban J connectivity index is 3.58. The first kappa shape index (κ1) is 22.9. The number of allylic oxidation sites excluding steroid dienone is 11. The zero-order chi connectivity index (χ0) is 18.6. The van der Waals surface area contributed by atoms with Crippen LogP contribution in [-0.2, 0) is 4.79 Å². The quantitative estimate of drug-likeness (QED) is 0.211. The highest BCUT2D eigenvalue weighted by atomic mass is 16.4. The van der Waals surface area contributed by atoms with E-state index in [1.54, 1.807) is 0 Å². The number of carboxylic acids is 1. The topological polar surface area (TPSA) is 37.3 Å². The maximum Gasteiger partial charge on any atom is 0.328 e. The van der Waals surface area contributed by atoms with E-state index in [1.807, 2.05) is 6.92 Å². The molecule has 0 bridgehead atoms. The molecular weight excluding hydrogens is 308 g/mol. The van der Waals surface area contributed by atoms with Crippen molar-refractivity contribution in [3.8, 4) is 0 Å². The number of carboxylic acid groups (broad SMARTS) is 1. The Morgan fingerprint density at radius 2 is 1.20 bits per heavy atom. The lowest BCUT2D eigenvalue weighted by atomic mass is 10.1. The molecule has 0 aliphatic heterocycles. The van der Waals surface area contributed by atoms with Crippen LogP contribution in [0.1, 0.15) is 65.2 Å². The smallest absolute Gasteiger partial charge is 0.328 e. The van der Waals surface area contributed by atoms with Gasteiger partial charge in [-0.2, -0.15) is 0 Å². The van der Waals surface area contributed by atoms with Gasteiger partial charge in [-0.1, -0.05) is 73.3 Å². The van der Waals surface area contributed by atoms with Gasteiger partial charge < -0.3 is 5.11 Å². The molecule has 0 aliphatic rings. The normalized spacial score (nSPS) is 13.4. The van der Waals surface area contributed by atoms with Crippen molar-refractivity contribution in [2.45, 2.75) is 65.2 Å². The third-order valence-corrected chi connectivity index (χ3v) is 3.47. The molecule has 0 spiro atoms. The first-order chi connectivity index (χ1) is 12.2. The Kier molecular flexibility index (Phi) is 16.7. The molecule has 2 heteroatoms. The lowest BCUT2D eigenvalue weighted by Crippen LogP contribution is -1.89. The van der Waals surface area contributed by atoms with Crippen LogP contribution in [0.4, 0.5) is 0 Å². The summed E-state index contributed by atoms with van der Waals surface area (Å²) in [6.07, 6.45) is 31.1. The highest BCUT2D eigenvalue weighted by Gasteiger charge is 1.93. The fourth-order valence-corrected chi connectivity index (χ4v) is 2.15. The van der Waals surface area contributed by atoms with Crippen molar-refractivity contribution in [1.29, 1.82) is 0 Å². The fourth-order valence-electron chi connectivity index (χ4n) is 2.15. The summed E-state index contributed by atoms with van der Waals surface area (Å²) in [5.41, 5.74) is 0.930. The van der Waals surface area contributed by atoms with Crippen molar-refractivity contribution < 1.29 is 9.90 Å². The van der Waals surface area contributed by atoms with E-state index in [0.29, 0.717) is 0 Å². The van der Waals surface area contributed by atoms with Crippen molar-refractivity contribution in [3.05, 3.63) is 72.4 Å². The Hall–Kier alpha value is -2.09. The predicted octanol–water partition coefficient (Wildman–Crippen LogP) is 6.94. The van der Waals surface area contributed by atoms with Gasteiger partial charge in [-0.15, -0.1) is 0 Å². The Morgan fingerprint density at radius 3 is 1.64 bits per heavy atom. The molecule has 0 saturated heterocycles. The van der Waals surface area contributed by atoms with Crippen LogP contribution in [0.25, 0.3) is 0 Å². The molecule has 0 radical (unpaired) electrons. The van der Waals surface area contributed by atoms with E-state index >= 15 is 0 Å². The van der Waals surface area contributed by atoms with Crippen molar-refractivity contribution in [3.63, 3.8) is 0 Å². The first-order valence-electron chi connectivity index (χ1n) is 9.31. The van der Waals surface area contributed by atoms with Gasteiger partial charge in [0.15, 0.2) is 0 Å². The van der Waals surface area contributed by atoms with E-state index in [9.17, 15) is 4.79 Å². The van der Waals surface area contributed by atoms with Crippen LogP contribution in [0.2, 0.25) is 0 Å². The molecule has 0 rings (SSSR count). The SMILES string of the molecule is CC/C=C\C/C=C\C/C=C\C/C=C\C/C=C\CCC/C(C)=C/C(=O)O. The van der Waals surface area contributed by atoms with Crippen LogP contribution in [-0.4, -0.2) is 11.1 Å². The number of unbranched alkanes of at least 4 members (excludes halogenated alkanes) is 1. The second-order valence-electron chi connectivity index (χ2n) is 5.93. The van der Waals surface area contributed by atoms with Gasteiger partial charge in [0.1, 0.15) is 0 Å². The van der Waals surface area contributed by atoms with Crippen molar-refractivity contribution in [2.75, 3.05) is 0 Å². The summed E-state index contributed by atoms with van der Waals surface area (Å²) in [6, 6.07) is 0. The molecular formula is C23H34O2. The number of aliphatic carboxylic acids is 1. The molecule has 1 N–H and O–H groups in total. The second-order valence-corrected chi connectivity index (χ2v) is 5.93. The van der Waals surface area contributed by atoms with E-state index in [1.165, 1.54) is 6.08 Å². The van der Waals surface area contributed by atoms with Gasteiger partial charge >= 0.3 is 5.97 Å². The zero-order valence-electron chi connectivity index (χ0n) is 15.9. The average molecular weight is 343 g/mol. The molecule has 0 amide bonds. The van der Waals surface area contributed by atoms with E-state index in [-0.39, 0.29) is 0 Å². The van der Waals surface area contributed by atoms with Crippen molar-refractivity contribution in [1.82, 2.24) is 0 Å². The molecule has 25 heavy (non-hydrogen) atoms. The maximum absolute atomic E-state index is 10.5. The largest absolute Gasteiger partial charge is 0.478 e. The number of rotatable bonds is 14. The Morgan fingerprint density at radius 1 is 0.760 bits per heavy atom. The third kappa shape index (κ3) is 19.9. The summed E-state index contributed by atoms with van der Waals surface area (Å²) in [4.78, 5) is 10.5. The third-order valence-electron chi connectivity index (χ3n) is 3.47. The van der Waals surface area contributed by atoms with Crippen LogP contribution in [0, 0.1) is 0 Å². The summed E-state index contributed by atoms with van der Waals surface area (Å²) in [7, 11) is 0. The van der Waals surface area contributed by atoms with Gasteiger partial charge in [0.2, 0.25) is 0 Å². The summed E-state index contributed by atoms with van der Waals surface area (Å²) >= 11 is 0. The van der Waals surface area contributed by atoms with Gasteiger partial charge in [-0.05, 0) is 58.3 Å². The molecule has 0 heterocycles. The van der Waals surface area contributed by atoms with Crippen LogP contribution < -0.4 is 0 Å². The minimum absolute atomic E-state index is 0.848. The highest BCUT2D eigenvalue weighted by molar-refractivity contribution is 5.80. The monoisotopic (exact) mass is 342 g/mol. The molecule has 0 aliphatic carbocycles. The zero-order valence-corrected chi connectivity index (χ0v) is 15.9. The summed E-state index contributed by atoms with van der Waals surface area (Å²) < 4.78 is 0. The first-order valence-corrected chi connectivity index (χ1v) is 9.31. The van der Waals surface area contributed by atoms with E-state index in [0.717, 1.165) is 56.9 Å². The lowest BCUT2D eigenvalue weighted by Gasteiger charge is -1.96. The molecule has 0 aromatic rings. The Bertz CT molecular complexity index is 502. The highest BCUT2D eigenvalue weighted by Crippen LogP contribution is 2.07. The molecule has 0 atom stereocenters. The van der Waals surface area contributed by atoms with Gasteiger partial charge in [0.05, 0.1) is 0 Å². The average Bonchev–Trinajstić information content (AvgIpc) is 2.57. The molecule has 2 nitrogen and oxygen atoms in total. The van der Waals surface area contributed by atoms with E-state index < -0.39 is 5.97 Å². The molecule has 0 unspecified atom stereocenters. The van der Waals surface area contributed by atoms with Gasteiger partial charge in [0.25, 0.3) is 0 Å².